The van der Waals surface area contributed by atoms with Gasteiger partial charge in [-0.05, 0) is 94.8 Å². The van der Waals surface area contributed by atoms with E-state index in [0.717, 1.165) is 33.4 Å². The number of rotatable bonds is 14. The maximum absolute atomic E-state index is 15.1. The Labute approximate surface area is 327 Å². The largest absolute Gasteiger partial charge is 0.508 e. The normalized spacial score (nSPS) is 18.4. The SMILES string of the molecule is O=C1N(Cc2ccc(OCc3ccccc3)cc2)[C@H](Cc2ccc(O)cc2)[C@H](O)[C@@H](O)[C@@H](Cc2ccc(O)cc2)N1Cc1ccc(OCc2ccccc2)cc1. The van der Waals surface area contributed by atoms with Crippen LogP contribution in [0.4, 0.5) is 4.79 Å². The van der Waals surface area contributed by atoms with Crippen LogP contribution in [0.5, 0.6) is 23.0 Å². The number of amides is 2. The van der Waals surface area contributed by atoms with Gasteiger partial charge in [-0.1, -0.05) is 109 Å². The Balaban J connectivity index is 1.19. The summed E-state index contributed by atoms with van der Waals surface area (Å²) in [6.07, 6.45) is -2.20. The van der Waals surface area contributed by atoms with Crippen LogP contribution in [0.15, 0.2) is 158 Å². The number of aliphatic hydroxyl groups excluding tert-OH is 2. The fourth-order valence-corrected chi connectivity index (χ4v) is 7.11. The number of carbonyl (C=O) groups excluding carboxylic acids is 1. The lowest BCUT2D eigenvalue weighted by Crippen LogP contribution is -2.50. The molecule has 0 saturated carbocycles. The summed E-state index contributed by atoms with van der Waals surface area (Å²) in [5.41, 5.74) is 5.31. The van der Waals surface area contributed by atoms with Crippen molar-refractivity contribution in [2.45, 2.75) is 63.4 Å². The first-order valence-electron chi connectivity index (χ1n) is 18.8. The summed E-state index contributed by atoms with van der Waals surface area (Å²) in [6.45, 7) is 1.14. The van der Waals surface area contributed by atoms with Gasteiger partial charge in [-0.3, -0.25) is 0 Å². The van der Waals surface area contributed by atoms with Crippen LogP contribution in [-0.2, 0) is 39.1 Å². The standard InChI is InChI=1S/C47H46N2O7/c50-39-19-11-33(12-20-39)27-43-45(52)46(53)44(28-34-13-21-40(51)22-14-34)49(30-36-17-25-42(26-18-36)56-32-38-9-5-2-6-10-38)47(54)48(43)29-35-15-23-41(24-16-35)55-31-37-7-3-1-4-8-37/h1-26,43-46,50-53H,27-32H2/t43-,44-,45+,46+/m1/s1. The number of phenols is 2. The third-order valence-electron chi connectivity index (χ3n) is 10.2. The van der Waals surface area contributed by atoms with E-state index in [-0.39, 0.29) is 43.5 Å². The van der Waals surface area contributed by atoms with Gasteiger partial charge >= 0.3 is 6.03 Å². The van der Waals surface area contributed by atoms with Gasteiger partial charge in [0.2, 0.25) is 0 Å². The van der Waals surface area contributed by atoms with Gasteiger partial charge in [-0.2, -0.15) is 0 Å². The van der Waals surface area contributed by atoms with Gasteiger partial charge in [0.05, 0.1) is 12.1 Å². The maximum Gasteiger partial charge on any atom is 0.321 e. The highest BCUT2D eigenvalue weighted by molar-refractivity contribution is 5.76. The number of phenolic OH excluding ortho intramolecular Hbond substituents is 2. The zero-order valence-electron chi connectivity index (χ0n) is 31.0. The van der Waals surface area contributed by atoms with Crippen molar-refractivity contribution >= 4 is 6.03 Å². The summed E-state index contributed by atoms with van der Waals surface area (Å²) >= 11 is 0. The second kappa shape index (κ2) is 17.9. The predicted molar refractivity (Wildman–Crippen MR) is 214 cm³/mol. The first-order valence-corrected chi connectivity index (χ1v) is 18.8. The Bertz CT molecular complexity index is 1980. The van der Waals surface area contributed by atoms with Gasteiger partial charge in [0.25, 0.3) is 0 Å². The van der Waals surface area contributed by atoms with Gasteiger partial charge in [0.1, 0.15) is 48.4 Å². The van der Waals surface area contributed by atoms with E-state index in [4.69, 9.17) is 9.47 Å². The molecule has 4 atom stereocenters. The Morgan fingerprint density at radius 2 is 0.768 bits per heavy atom. The molecule has 1 heterocycles. The number of benzene rings is 6. The molecule has 56 heavy (non-hydrogen) atoms. The second-order valence-corrected chi connectivity index (χ2v) is 14.2. The third-order valence-corrected chi connectivity index (χ3v) is 10.2. The molecule has 9 nitrogen and oxygen atoms in total. The minimum Gasteiger partial charge on any atom is -0.508 e. The molecule has 0 spiro atoms. The van der Waals surface area contributed by atoms with E-state index >= 15 is 4.79 Å². The zero-order chi connectivity index (χ0) is 38.9. The van der Waals surface area contributed by atoms with E-state index in [1.807, 2.05) is 109 Å². The summed E-state index contributed by atoms with van der Waals surface area (Å²) in [4.78, 5) is 18.4. The molecule has 6 aromatic carbocycles. The number of carbonyl (C=O) groups is 1. The predicted octanol–water partition coefficient (Wildman–Crippen LogP) is 7.64. The van der Waals surface area contributed by atoms with Crippen molar-refractivity contribution in [1.29, 1.82) is 0 Å². The van der Waals surface area contributed by atoms with Crippen LogP contribution < -0.4 is 9.47 Å². The zero-order valence-corrected chi connectivity index (χ0v) is 31.0. The smallest absolute Gasteiger partial charge is 0.321 e. The van der Waals surface area contributed by atoms with Crippen LogP contribution >= 0.6 is 0 Å². The van der Waals surface area contributed by atoms with Crippen molar-refractivity contribution in [3.05, 3.63) is 191 Å². The molecular formula is C47H46N2O7. The number of aromatic hydroxyl groups is 2. The van der Waals surface area contributed by atoms with Gasteiger partial charge in [-0.15, -0.1) is 0 Å². The second-order valence-electron chi connectivity index (χ2n) is 14.2. The van der Waals surface area contributed by atoms with Crippen molar-refractivity contribution in [2.24, 2.45) is 0 Å². The number of urea groups is 1. The number of ether oxygens (including phenoxy) is 2. The molecule has 0 radical (unpaired) electrons. The van der Waals surface area contributed by atoms with E-state index in [1.165, 1.54) is 0 Å². The number of aliphatic hydroxyl groups is 2. The molecule has 1 fully saturated rings. The molecule has 1 aliphatic heterocycles. The molecule has 0 aromatic heterocycles. The lowest BCUT2D eigenvalue weighted by Gasteiger charge is -2.36. The van der Waals surface area contributed by atoms with Crippen LogP contribution in [-0.4, -0.2) is 60.5 Å². The first-order chi connectivity index (χ1) is 27.3. The lowest BCUT2D eigenvalue weighted by atomic mass is 9.90. The van der Waals surface area contributed by atoms with Gasteiger partial charge in [-0.25, -0.2) is 4.79 Å². The van der Waals surface area contributed by atoms with Crippen molar-refractivity contribution < 1.29 is 34.7 Å². The summed E-state index contributed by atoms with van der Waals surface area (Å²) in [5.74, 6) is 1.58. The molecular weight excluding hydrogens is 705 g/mol. The minimum atomic E-state index is -1.33. The van der Waals surface area contributed by atoms with Crippen molar-refractivity contribution in [2.75, 3.05) is 0 Å². The van der Waals surface area contributed by atoms with Gasteiger partial charge < -0.3 is 39.7 Å². The first kappa shape index (κ1) is 38.0. The van der Waals surface area contributed by atoms with E-state index in [1.54, 1.807) is 58.3 Å². The highest BCUT2D eigenvalue weighted by Gasteiger charge is 2.46. The Morgan fingerprint density at radius 1 is 0.429 bits per heavy atom. The average molecular weight is 751 g/mol. The topological polar surface area (TPSA) is 123 Å². The number of hydrogen-bond acceptors (Lipinski definition) is 7. The fraction of sp³-hybridized carbons (Fsp3) is 0.213. The van der Waals surface area contributed by atoms with Crippen LogP contribution in [0.2, 0.25) is 0 Å². The fourth-order valence-electron chi connectivity index (χ4n) is 7.11. The van der Waals surface area contributed by atoms with Crippen LogP contribution in [0.25, 0.3) is 0 Å². The molecule has 6 aromatic rings. The van der Waals surface area contributed by atoms with E-state index < -0.39 is 24.3 Å². The number of nitrogens with zero attached hydrogens (tertiary/aromatic N) is 2. The Kier molecular flexibility index (Phi) is 12.1. The van der Waals surface area contributed by atoms with E-state index in [9.17, 15) is 20.4 Å². The summed E-state index contributed by atoms with van der Waals surface area (Å²) < 4.78 is 12.0. The van der Waals surface area contributed by atoms with Gasteiger partial charge in [0.15, 0.2) is 0 Å². The molecule has 1 saturated heterocycles. The van der Waals surface area contributed by atoms with Gasteiger partial charge in [0, 0.05) is 13.1 Å². The molecule has 286 valence electrons. The highest BCUT2D eigenvalue weighted by Crippen LogP contribution is 2.31. The van der Waals surface area contributed by atoms with Crippen LogP contribution in [0, 0.1) is 0 Å². The van der Waals surface area contributed by atoms with Crippen LogP contribution in [0.3, 0.4) is 0 Å². The molecule has 4 N–H and O–H groups in total. The lowest BCUT2D eigenvalue weighted by molar-refractivity contribution is -0.0408. The molecule has 7 rings (SSSR count). The van der Waals surface area contributed by atoms with E-state index in [0.29, 0.717) is 24.7 Å². The van der Waals surface area contributed by atoms with Crippen molar-refractivity contribution in [3.63, 3.8) is 0 Å². The maximum atomic E-state index is 15.1. The monoisotopic (exact) mass is 750 g/mol. The minimum absolute atomic E-state index is 0.106. The molecule has 2 amide bonds. The Morgan fingerprint density at radius 3 is 1.12 bits per heavy atom. The summed E-state index contributed by atoms with van der Waals surface area (Å²) in [7, 11) is 0. The van der Waals surface area contributed by atoms with Crippen molar-refractivity contribution in [1.82, 2.24) is 9.80 Å². The molecule has 1 aliphatic rings. The van der Waals surface area contributed by atoms with Crippen molar-refractivity contribution in [3.8, 4) is 23.0 Å². The molecule has 0 aliphatic carbocycles. The average Bonchev–Trinajstić information content (AvgIpc) is 3.29. The molecule has 0 unspecified atom stereocenters. The Hall–Kier alpha value is -6.29. The summed E-state index contributed by atoms with van der Waals surface area (Å²) in [6, 6.07) is 46.2. The van der Waals surface area contributed by atoms with E-state index in [2.05, 4.69) is 0 Å². The third kappa shape index (κ3) is 9.68. The highest BCUT2D eigenvalue weighted by atomic mass is 16.5. The molecule has 0 bridgehead atoms. The molecule has 9 heteroatoms. The van der Waals surface area contributed by atoms with Crippen LogP contribution in [0.1, 0.15) is 33.4 Å². The number of hydrogen-bond donors (Lipinski definition) is 4. The quantitative estimate of drug-likeness (QED) is 0.0903. The summed E-state index contributed by atoms with van der Waals surface area (Å²) in [5, 5.41) is 44.2.